The monoisotopic (exact) mass is 482 g/mol. The Morgan fingerprint density at radius 1 is 0.714 bits per heavy atom. The molecular weight excluding hydrogens is 440 g/mol. The van der Waals surface area contributed by atoms with E-state index in [2.05, 4.69) is 41.5 Å². The van der Waals surface area contributed by atoms with Crippen molar-refractivity contribution in [1.29, 1.82) is 0 Å². The second-order valence-corrected chi connectivity index (χ2v) is 14.3. The van der Waals surface area contributed by atoms with Crippen LogP contribution in [0.4, 0.5) is 0 Å². The molecule has 7 aliphatic rings. The van der Waals surface area contributed by atoms with Crippen molar-refractivity contribution in [2.24, 2.45) is 45.3 Å². The molecule has 5 saturated carbocycles. The topological polar surface area (TPSA) is 69.7 Å². The summed E-state index contributed by atoms with van der Waals surface area (Å²) in [4.78, 5) is 40.3. The summed E-state index contributed by atoms with van der Waals surface area (Å²) in [6.45, 7) is 13.7. The maximum absolute atomic E-state index is 13.7. The normalized spacial score (nSPS) is 46.4. The van der Waals surface area contributed by atoms with Crippen molar-refractivity contribution >= 4 is 17.7 Å². The van der Waals surface area contributed by atoms with Gasteiger partial charge in [-0.3, -0.25) is 4.79 Å². The lowest BCUT2D eigenvalue weighted by Crippen LogP contribution is -2.44. The van der Waals surface area contributed by atoms with Crippen LogP contribution in [0.25, 0.3) is 0 Å². The van der Waals surface area contributed by atoms with E-state index in [0.29, 0.717) is 35.8 Å². The summed E-state index contributed by atoms with van der Waals surface area (Å²) in [6, 6.07) is 0. The van der Waals surface area contributed by atoms with Crippen LogP contribution in [0.15, 0.2) is 11.1 Å². The van der Waals surface area contributed by atoms with Crippen molar-refractivity contribution < 1.29 is 23.9 Å². The van der Waals surface area contributed by atoms with E-state index in [9.17, 15) is 14.4 Å². The van der Waals surface area contributed by atoms with E-state index in [4.69, 9.17) is 9.47 Å². The lowest BCUT2D eigenvalue weighted by atomic mass is 9.66. The molecule has 0 spiro atoms. The first kappa shape index (κ1) is 23.7. The van der Waals surface area contributed by atoms with Gasteiger partial charge in [0, 0.05) is 17.3 Å². The Labute approximate surface area is 209 Å². The van der Waals surface area contributed by atoms with E-state index < -0.39 is 11.9 Å². The maximum atomic E-state index is 13.7. The molecule has 35 heavy (non-hydrogen) atoms. The van der Waals surface area contributed by atoms with E-state index in [0.717, 1.165) is 32.1 Å². The van der Waals surface area contributed by atoms with Gasteiger partial charge in [0.2, 0.25) is 0 Å². The van der Waals surface area contributed by atoms with Gasteiger partial charge in [-0.15, -0.1) is 0 Å². The van der Waals surface area contributed by atoms with Crippen molar-refractivity contribution in [3.05, 3.63) is 11.1 Å². The number of rotatable bonds is 4. The van der Waals surface area contributed by atoms with Crippen LogP contribution < -0.4 is 0 Å². The van der Waals surface area contributed by atoms with Gasteiger partial charge < -0.3 is 9.47 Å². The highest BCUT2D eigenvalue weighted by atomic mass is 16.6. The second kappa shape index (κ2) is 7.22. The Hall–Kier alpha value is -1.65. The quantitative estimate of drug-likeness (QED) is 0.474. The lowest BCUT2D eigenvalue weighted by Gasteiger charge is -2.41. The van der Waals surface area contributed by atoms with Crippen LogP contribution in [-0.4, -0.2) is 29.9 Å². The lowest BCUT2D eigenvalue weighted by molar-refractivity contribution is -0.158. The number of esters is 2. The summed E-state index contributed by atoms with van der Waals surface area (Å²) in [5.74, 6) is -0.334. The second-order valence-electron chi connectivity index (χ2n) is 14.3. The van der Waals surface area contributed by atoms with E-state index in [-0.39, 0.29) is 51.5 Å². The van der Waals surface area contributed by atoms with Gasteiger partial charge >= 0.3 is 11.9 Å². The Kier molecular flexibility index (Phi) is 4.90. The molecule has 5 heteroatoms. The van der Waals surface area contributed by atoms with Crippen LogP contribution in [0.3, 0.4) is 0 Å². The first-order valence-electron chi connectivity index (χ1n) is 14.0. The number of hydrogen-bond donors (Lipinski definition) is 0. The fourth-order valence-electron chi connectivity index (χ4n) is 9.51. The summed E-state index contributed by atoms with van der Waals surface area (Å²) in [5, 5.41) is 0. The third-order valence-corrected chi connectivity index (χ3v) is 13.1. The standard InChI is InChI=1S/C30H42O5/c1-27(2)17-9-11-29(27,5)21(14-17)34-25(32)23-16-7-8-19(20(31)13-16)24(23)26(33)35-22-15-18-10-12-30(22,6)28(18,3)4/h16-19,21-22H,7-15H2,1-6H3. The highest BCUT2D eigenvalue weighted by Gasteiger charge is 2.64. The number of fused-ring (bicyclic) bond motifs is 6. The third kappa shape index (κ3) is 2.90. The Morgan fingerprint density at radius 3 is 1.60 bits per heavy atom. The molecule has 5 nitrogen and oxygen atoms in total. The summed E-state index contributed by atoms with van der Waals surface area (Å²) >= 11 is 0. The van der Waals surface area contributed by atoms with Crippen molar-refractivity contribution in [2.45, 2.75) is 112 Å². The van der Waals surface area contributed by atoms with E-state index in [1.807, 2.05) is 0 Å². The Morgan fingerprint density at radius 2 is 1.20 bits per heavy atom. The molecule has 0 saturated heterocycles. The average Bonchev–Trinajstić information content (AvgIpc) is 3.31. The van der Waals surface area contributed by atoms with Crippen LogP contribution >= 0.6 is 0 Å². The summed E-state index contributed by atoms with van der Waals surface area (Å²) in [7, 11) is 0. The van der Waals surface area contributed by atoms with E-state index in [1.54, 1.807) is 0 Å². The summed E-state index contributed by atoms with van der Waals surface area (Å²) in [5.41, 5.74) is 0.956. The molecule has 0 radical (unpaired) electrons. The minimum Gasteiger partial charge on any atom is -0.458 e. The van der Waals surface area contributed by atoms with Crippen molar-refractivity contribution in [1.82, 2.24) is 0 Å². The van der Waals surface area contributed by atoms with E-state index in [1.165, 1.54) is 12.8 Å². The fraction of sp³-hybridized carbons (Fsp3) is 0.833. The molecule has 0 N–H and O–H groups in total. The first-order chi connectivity index (χ1) is 16.3. The average molecular weight is 483 g/mol. The zero-order valence-corrected chi connectivity index (χ0v) is 22.4. The minimum absolute atomic E-state index is 0.0404. The van der Waals surface area contributed by atoms with Gasteiger partial charge in [-0.05, 0) is 80.0 Å². The predicted octanol–water partition coefficient (Wildman–Crippen LogP) is 5.80. The van der Waals surface area contributed by atoms with Gasteiger partial charge in [-0.1, -0.05) is 41.5 Å². The molecule has 0 aromatic carbocycles. The molecule has 0 heterocycles. The van der Waals surface area contributed by atoms with Crippen LogP contribution in [-0.2, 0) is 23.9 Å². The molecule has 0 aromatic heterocycles. The summed E-state index contributed by atoms with van der Waals surface area (Å²) in [6.07, 6.45) is 7.72. The molecule has 8 unspecified atom stereocenters. The van der Waals surface area contributed by atoms with Crippen LogP contribution in [0.5, 0.6) is 0 Å². The molecule has 6 bridgehead atoms. The van der Waals surface area contributed by atoms with Gasteiger partial charge in [0.25, 0.3) is 0 Å². The van der Waals surface area contributed by atoms with Crippen molar-refractivity contribution in [3.8, 4) is 0 Å². The molecule has 8 atom stereocenters. The van der Waals surface area contributed by atoms with Gasteiger partial charge in [0.05, 0.1) is 17.1 Å². The van der Waals surface area contributed by atoms with Crippen LogP contribution in [0.2, 0.25) is 0 Å². The van der Waals surface area contributed by atoms with Crippen LogP contribution in [0, 0.1) is 45.3 Å². The molecule has 0 amide bonds. The molecule has 7 aliphatic carbocycles. The largest absolute Gasteiger partial charge is 0.458 e. The predicted molar refractivity (Wildman–Crippen MR) is 131 cm³/mol. The molecule has 7 rings (SSSR count). The zero-order valence-electron chi connectivity index (χ0n) is 22.4. The molecule has 0 aliphatic heterocycles. The number of carbonyl (C=O) groups excluding carboxylic acids is 3. The van der Waals surface area contributed by atoms with E-state index >= 15 is 0 Å². The number of Topliss-reactive ketones (excluding diaryl/α,β-unsaturated/α-hetero) is 1. The molecular formula is C30H42O5. The molecule has 5 fully saturated rings. The van der Waals surface area contributed by atoms with Crippen LogP contribution in [0.1, 0.15) is 99.3 Å². The summed E-state index contributed by atoms with van der Waals surface area (Å²) < 4.78 is 12.5. The third-order valence-electron chi connectivity index (χ3n) is 13.1. The fourth-order valence-corrected chi connectivity index (χ4v) is 9.51. The Balaban J connectivity index is 1.29. The molecule has 192 valence electrons. The van der Waals surface area contributed by atoms with Crippen molar-refractivity contribution in [2.75, 3.05) is 0 Å². The highest BCUT2D eigenvalue weighted by molar-refractivity contribution is 6.08. The SMILES string of the molecule is CC1(C)C2CCC1(C)C(OC(=O)C1=C(C(=O)OC3CC4CCC3(C)C4(C)C)C3CCC1CC3=O)C2. The van der Waals surface area contributed by atoms with Gasteiger partial charge in [0.15, 0.2) is 0 Å². The maximum Gasteiger partial charge on any atom is 0.335 e. The van der Waals surface area contributed by atoms with Gasteiger partial charge in [-0.25, -0.2) is 9.59 Å². The highest BCUT2D eigenvalue weighted by Crippen LogP contribution is 2.67. The molecule has 0 aromatic rings. The Bertz CT molecular complexity index is 1040. The minimum atomic E-state index is -0.512. The van der Waals surface area contributed by atoms with Gasteiger partial charge in [-0.2, -0.15) is 0 Å². The number of ketones is 1. The zero-order chi connectivity index (χ0) is 25.1. The smallest absolute Gasteiger partial charge is 0.335 e. The number of ether oxygens (including phenoxy) is 2. The van der Waals surface area contributed by atoms with Crippen molar-refractivity contribution in [3.63, 3.8) is 0 Å². The number of carbonyl (C=O) groups is 3. The first-order valence-corrected chi connectivity index (χ1v) is 14.0. The number of hydrogen-bond acceptors (Lipinski definition) is 5. The van der Waals surface area contributed by atoms with Gasteiger partial charge in [0.1, 0.15) is 18.0 Å².